The van der Waals surface area contributed by atoms with Crippen molar-refractivity contribution in [3.8, 4) is 17.7 Å². The molecule has 2 rings (SSSR count). The number of benzene rings is 2. The highest BCUT2D eigenvalue weighted by Gasteiger charge is 2.00. The standard InChI is InChI=1S/C16H16N/c1-3-13-4-8-15(9-5-13)16-10-6-14(7-11-16)12-17-2/h2,4-11H,3,12H2,1H3/q+1. The molecule has 0 amide bonds. The van der Waals surface area contributed by atoms with E-state index in [2.05, 4.69) is 60.3 Å². The fraction of sp³-hybridized carbons (Fsp3) is 0.188. The molecule has 0 saturated heterocycles. The van der Waals surface area contributed by atoms with Crippen molar-refractivity contribution in [3.63, 3.8) is 0 Å². The maximum absolute atomic E-state index is 5.17. The molecule has 1 heteroatoms. The van der Waals surface area contributed by atoms with Gasteiger partial charge in [0, 0.05) is 5.56 Å². The van der Waals surface area contributed by atoms with Crippen LogP contribution < -0.4 is 0 Å². The topological polar surface area (TPSA) is 4.36 Å². The van der Waals surface area contributed by atoms with E-state index in [0.717, 1.165) is 12.0 Å². The largest absolute Gasteiger partial charge is 0.288 e. The third kappa shape index (κ3) is 2.73. The van der Waals surface area contributed by atoms with Crippen LogP contribution >= 0.6 is 0 Å². The van der Waals surface area contributed by atoms with Crippen LogP contribution in [0.15, 0.2) is 48.5 Å². The van der Waals surface area contributed by atoms with Crippen molar-refractivity contribution in [2.45, 2.75) is 19.9 Å². The Morgan fingerprint density at radius 3 is 1.71 bits per heavy atom. The molecule has 0 N–H and O–H groups in total. The van der Waals surface area contributed by atoms with Gasteiger partial charge in [-0.05, 0) is 23.1 Å². The van der Waals surface area contributed by atoms with E-state index in [1.165, 1.54) is 16.7 Å². The quantitative estimate of drug-likeness (QED) is 0.726. The molecule has 84 valence electrons. The van der Waals surface area contributed by atoms with Gasteiger partial charge in [0.25, 0.3) is 13.1 Å². The number of hydrogen-bond donors (Lipinski definition) is 0. The normalized spacial score (nSPS) is 9.88. The minimum Gasteiger partial charge on any atom is -0.0817 e. The van der Waals surface area contributed by atoms with E-state index in [-0.39, 0.29) is 0 Å². The van der Waals surface area contributed by atoms with Gasteiger partial charge in [0.2, 0.25) is 0 Å². The molecule has 0 spiro atoms. The number of hydrogen-bond acceptors (Lipinski definition) is 0. The Bertz CT molecular complexity index is 515. The summed E-state index contributed by atoms with van der Waals surface area (Å²) in [4.78, 5) is 3.63. The Labute approximate surface area is 103 Å². The van der Waals surface area contributed by atoms with Crippen molar-refractivity contribution in [2.75, 3.05) is 0 Å². The van der Waals surface area contributed by atoms with Crippen molar-refractivity contribution >= 4 is 0 Å². The minimum absolute atomic E-state index is 0.578. The predicted octanol–water partition coefficient (Wildman–Crippen LogP) is 4.38. The Morgan fingerprint density at radius 1 is 0.824 bits per heavy atom. The SMILES string of the molecule is C#[N+]Cc1ccc(-c2ccc(CC)cc2)cc1. The molecular formula is C16H16N+. The fourth-order valence-electron chi connectivity index (χ4n) is 1.84. The fourth-order valence-corrected chi connectivity index (χ4v) is 1.84. The summed E-state index contributed by atoms with van der Waals surface area (Å²) in [6.07, 6.45) is 1.08. The third-order valence-corrected chi connectivity index (χ3v) is 2.92. The van der Waals surface area contributed by atoms with Crippen LogP contribution in [0.2, 0.25) is 0 Å². The first-order valence-corrected chi connectivity index (χ1v) is 5.88. The lowest BCUT2D eigenvalue weighted by Crippen LogP contribution is -1.83. The number of nitrogens with zero attached hydrogens (tertiary/aromatic N) is 1. The second-order valence-electron chi connectivity index (χ2n) is 4.09. The molecule has 0 aliphatic heterocycles. The van der Waals surface area contributed by atoms with Gasteiger partial charge >= 0.3 is 0 Å². The molecule has 0 heterocycles. The van der Waals surface area contributed by atoms with Gasteiger partial charge in [0.15, 0.2) is 0 Å². The smallest absolute Gasteiger partial charge is 0.0817 e. The zero-order valence-electron chi connectivity index (χ0n) is 10.1. The summed E-state index contributed by atoms with van der Waals surface area (Å²) in [6, 6.07) is 17.1. The lowest BCUT2D eigenvalue weighted by Gasteiger charge is -2.03. The van der Waals surface area contributed by atoms with E-state index in [0.29, 0.717) is 6.54 Å². The molecule has 0 unspecified atom stereocenters. The Balaban J connectivity index is 2.24. The van der Waals surface area contributed by atoms with Gasteiger partial charge in [0.05, 0.1) is 0 Å². The van der Waals surface area contributed by atoms with Crippen molar-refractivity contribution in [3.05, 3.63) is 64.5 Å². The van der Waals surface area contributed by atoms with Crippen LogP contribution in [0, 0.1) is 6.57 Å². The maximum atomic E-state index is 5.17. The predicted molar refractivity (Wildman–Crippen MR) is 73.3 cm³/mol. The van der Waals surface area contributed by atoms with Gasteiger partial charge in [-0.25, -0.2) is 0 Å². The van der Waals surface area contributed by atoms with E-state index in [4.69, 9.17) is 6.57 Å². The lowest BCUT2D eigenvalue weighted by atomic mass is 10.0. The molecule has 0 atom stereocenters. The molecule has 0 fully saturated rings. The van der Waals surface area contributed by atoms with E-state index in [9.17, 15) is 0 Å². The Hall–Kier alpha value is -2.07. The van der Waals surface area contributed by atoms with Crippen LogP contribution in [0.3, 0.4) is 0 Å². The summed E-state index contributed by atoms with van der Waals surface area (Å²) in [7, 11) is 0. The highest BCUT2D eigenvalue weighted by molar-refractivity contribution is 5.63. The molecule has 0 aliphatic rings. The molecule has 0 saturated carbocycles. The van der Waals surface area contributed by atoms with Gasteiger partial charge in [-0.2, -0.15) is 0 Å². The van der Waals surface area contributed by atoms with Crippen molar-refractivity contribution in [1.29, 1.82) is 0 Å². The van der Waals surface area contributed by atoms with E-state index in [1.54, 1.807) is 0 Å². The Kier molecular flexibility index (Phi) is 3.57. The van der Waals surface area contributed by atoms with Crippen LogP contribution in [0.25, 0.3) is 16.0 Å². The average molecular weight is 222 g/mol. The summed E-state index contributed by atoms with van der Waals surface area (Å²) in [5.74, 6) is 0. The van der Waals surface area contributed by atoms with Crippen LogP contribution in [0.1, 0.15) is 18.1 Å². The molecule has 2 aromatic carbocycles. The summed E-state index contributed by atoms with van der Waals surface area (Å²) in [5, 5.41) is 0. The van der Waals surface area contributed by atoms with Crippen LogP contribution in [0.5, 0.6) is 0 Å². The van der Waals surface area contributed by atoms with Gasteiger partial charge in [-0.1, -0.05) is 60.3 Å². The Morgan fingerprint density at radius 2 is 1.29 bits per heavy atom. The van der Waals surface area contributed by atoms with Crippen molar-refractivity contribution in [2.24, 2.45) is 0 Å². The molecule has 0 aliphatic carbocycles. The van der Waals surface area contributed by atoms with Gasteiger partial charge in [0.1, 0.15) is 0 Å². The van der Waals surface area contributed by atoms with Crippen LogP contribution in [-0.2, 0) is 13.0 Å². The van der Waals surface area contributed by atoms with Gasteiger partial charge in [-0.15, -0.1) is 0 Å². The molecule has 17 heavy (non-hydrogen) atoms. The molecule has 0 radical (unpaired) electrons. The van der Waals surface area contributed by atoms with E-state index < -0.39 is 0 Å². The molecule has 2 aromatic rings. The first kappa shape index (κ1) is 11.4. The zero-order valence-corrected chi connectivity index (χ0v) is 10.1. The first-order valence-electron chi connectivity index (χ1n) is 5.88. The summed E-state index contributed by atoms with van der Waals surface area (Å²) in [6.45, 7) is 7.91. The van der Waals surface area contributed by atoms with E-state index >= 15 is 0 Å². The summed E-state index contributed by atoms with van der Waals surface area (Å²) >= 11 is 0. The molecule has 1 nitrogen and oxygen atoms in total. The van der Waals surface area contributed by atoms with Crippen LogP contribution in [-0.4, -0.2) is 0 Å². The molecule has 0 aromatic heterocycles. The number of aryl methyl sites for hydroxylation is 1. The van der Waals surface area contributed by atoms with Gasteiger partial charge < -0.3 is 0 Å². The number of rotatable bonds is 3. The second-order valence-corrected chi connectivity index (χ2v) is 4.09. The van der Waals surface area contributed by atoms with Crippen molar-refractivity contribution < 1.29 is 0 Å². The maximum Gasteiger partial charge on any atom is 0.288 e. The van der Waals surface area contributed by atoms with E-state index in [1.807, 2.05) is 0 Å². The van der Waals surface area contributed by atoms with Gasteiger partial charge in [-0.3, -0.25) is 0 Å². The molecular weight excluding hydrogens is 206 g/mol. The summed E-state index contributed by atoms with van der Waals surface area (Å²) < 4.78 is 0. The average Bonchev–Trinajstić information content (AvgIpc) is 2.40. The highest BCUT2D eigenvalue weighted by atomic mass is 14.6. The van der Waals surface area contributed by atoms with Crippen molar-refractivity contribution in [1.82, 2.24) is 0 Å². The lowest BCUT2D eigenvalue weighted by molar-refractivity contribution is 1.14. The first-order chi connectivity index (χ1) is 8.33. The van der Waals surface area contributed by atoms with Crippen LogP contribution in [0.4, 0.5) is 0 Å². The molecule has 0 bridgehead atoms. The monoisotopic (exact) mass is 222 g/mol. The minimum atomic E-state index is 0.578. The zero-order chi connectivity index (χ0) is 12.1. The second kappa shape index (κ2) is 5.32. The third-order valence-electron chi connectivity index (χ3n) is 2.92. The highest BCUT2D eigenvalue weighted by Crippen LogP contribution is 2.20. The summed E-state index contributed by atoms with van der Waals surface area (Å²) in [5.41, 5.74) is 4.99.